The quantitative estimate of drug-likeness (QED) is 0.466. The van der Waals surface area contributed by atoms with E-state index in [-0.39, 0.29) is 12.1 Å². The number of hydrogen-bond donors (Lipinski definition) is 1. The Kier molecular flexibility index (Phi) is 1.42. The van der Waals surface area contributed by atoms with Crippen molar-refractivity contribution in [2.75, 3.05) is 6.54 Å². The summed E-state index contributed by atoms with van der Waals surface area (Å²) < 4.78 is 0. The molecule has 2 atom stereocenters. The lowest BCUT2D eigenvalue weighted by Gasteiger charge is -2.13. The van der Waals surface area contributed by atoms with E-state index in [4.69, 9.17) is 5.73 Å². The van der Waals surface area contributed by atoms with Crippen molar-refractivity contribution < 1.29 is 0 Å². The van der Waals surface area contributed by atoms with Gasteiger partial charge in [0.05, 0.1) is 18.6 Å². The second kappa shape index (κ2) is 2.07. The second-order valence-electron chi connectivity index (χ2n) is 1.97. The standard InChI is InChI=1S/C5H9N3/c1-4-5(6)2-7-3-8-4/h4-5H,2,6H2,1H3. The maximum absolute atomic E-state index is 5.55. The van der Waals surface area contributed by atoms with Crippen LogP contribution in [0.1, 0.15) is 6.92 Å². The minimum Gasteiger partial charge on any atom is -0.324 e. The van der Waals surface area contributed by atoms with E-state index in [2.05, 4.69) is 16.0 Å². The molecule has 0 bridgehead atoms. The van der Waals surface area contributed by atoms with E-state index in [1.54, 1.807) is 0 Å². The summed E-state index contributed by atoms with van der Waals surface area (Å²) in [6.07, 6.45) is 0. The lowest BCUT2D eigenvalue weighted by Crippen LogP contribution is -2.35. The van der Waals surface area contributed by atoms with Crippen molar-refractivity contribution in [1.82, 2.24) is 0 Å². The fourth-order valence-corrected chi connectivity index (χ4v) is 0.526. The van der Waals surface area contributed by atoms with Crippen LogP contribution in [0, 0.1) is 0 Å². The van der Waals surface area contributed by atoms with Crippen LogP contribution in [0.5, 0.6) is 0 Å². The Balaban J connectivity index is 2.62. The van der Waals surface area contributed by atoms with Crippen LogP contribution in [0.3, 0.4) is 0 Å². The molecule has 0 fully saturated rings. The minimum absolute atomic E-state index is 0.108. The van der Waals surface area contributed by atoms with Gasteiger partial charge < -0.3 is 5.73 Å². The third-order valence-electron chi connectivity index (χ3n) is 1.25. The Bertz CT molecular complexity index is 135. The Labute approximate surface area is 48.3 Å². The van der Waals surface area contributed by atoms with E-state index >= 15 is 0 Å². The number of rotatable bonds is 0. The summed E-state index contributed by atoms with van der Waals surface area (Å²) in [7, 11) is 0. The van der Waals surface area contributed by atoms with Gasteiger partial charge in [0.15, 0.2) is 0 Å². The zero-order valence-corrected chi connectivity index (χ0v) is 4.83. The van der Waals surface area contributed by atoms with Crippen molar-refractivity contribution in [3.8, 4) is 0 Å². The molecule has 2 N–H and O–H groups in total. The summed E-state index contributed by atoms with van der Waals surface area (Å²) in [4.78, 5) is 7.64. The summed E-state index contributed by atoms with van der Waals surface area (Å²) in [5.74, 6) is 0. The summed E-state index contributed by atoms with van der Waals surface area (Å²) in [6.45, 7) is 2.64. The van der Waals surface area contributed by atoms with Crippen LogP contribution in [-0.4, -0.2) is 24.6 Å². The molecule has 0 aromatic heterocycles. The highest BCUT2D eigenvalue weighted by atomic mass is 14.9. The molecular formula is C5H9N3. The molecule has 0 saturated carbocycles. The lowest BCUT2D eigenvalue weighted by atomic mass is 10.1. The van der Waals surface area contributed by atoms with E-state index in [1.165, 1.54) is 0 Å². The first-order valence-corrected chi connectivity index (χ1v) is 2.67. The average Bonchev–Trinajstić information content (AvgIpc) is 1.77. The lowest BCUT2D eigenvalue weighted by molar-refractivity contribution is 0.562. The fraction of sp³-hybridized carbons (Fsp3) is 0.800. The van der Waals surface area contributed by atoms with E-state index in [9.17, 15) is 0 Å². The van der Waals surface area contributed by atoms with Crippen molar-refractivity contribution in [1.29, 1.82) is 0 Å². The van der Waals surface area contributed by atoms with Crippen molar-refractivity contribution in [2.24, 2.45) is 15.7 Å². The number of nitrogens with two attached hydrogens (primary N) is 1. The molecule has 0 amide bonds. The first-order valence-electron chi connectivity index (χ1n) is 2.67. The Hall–Kier alpha value is -0.660. The molecule has 0 spiro atoms. The topological polar surface area (TPSA) is 50.7 Å². The van der Waals surface area contributed by atoms with Crippen molar-refractivity contribution >= 4 is 6.01 Å². The zero-order valence-electron chi connectivity index (χ0n) is 4.83. The van der Waals surface area contributed by atoms with E-state index in [0.717, 1.165) is 0 Å². The monoisotopic (exact) mass is 111 g/mol. The van der Waals surface area contributed by atoms with Crippen molar-refractivity contribution in [2.45, 2.75) is 19.0 Å². The molecule has 44 valence electrons. The molecule has 0 aliphatic carbocycles. The molecule has 3 nitrogen and oxygen atoms in total. The normalized spacial score (nSPS) is 35.8. The molecular weight excluding hydrogens is 102 g/mol. The highest BCUT2D eigenvalue weighted by Gasteiger charge is 2.11. The molecule has 3 heteroatoms. The van der Waals surface area contributed by atoms with Gasteiger partial charge in [-0.2, -0.15) is 0 Å². The first-order chi connectivity index (χ1) is 3.80. The van der Waals surface area contributed by atoms with Crippen molar-refractivity contribution in [3.63, 3.8) is 0 Å². The SMILES string of the molecule is CC1N=C=NCC1N. The predicted octanol–water partition coefficient (Wildman–Crippen LogP) is -0.110. The third kappa shape index (κ3) is 0.941. The van der Waals surface area contributed by atoms with Gasteiger partial charge in [0.25, 0.3) is 0 Å². The number of aliphatic imine (C=N–C) groups is 2. The van der Waals surface area contributed by atoms with Gasteiger partial charge in [-0.1, -0.05) is 0 Å². The third-order valence-corrected chi connectivity index (χ3v) is 1.25. The van der Waals surface area contributed by atoms with Crippen LogP contribution in [0.15, 0.2) is 9.98 Å². The van der Waals surface area contributed by atoms with Crippen LogP contribution in [-0.2, 0) is 0 Å². The highest BCUT2D eigenvalue weighted by Crippen LogP contribution is 1.97. The zero-order chi connectivity index (χ0) is 5.98. The van der Waals surface area contributed by atoms with Crippen molar-refractivity contribution in [3.05, 3.63) is 0 Å². The largest absolute Gasteiger partial charge is 0.324 e. The maximum atomic E-state index is 5.55. The van der Waals surface area contributed by atoms with Gasteiger partial charge >= 0.3 is 0 Å². The first kappa shape index (κ1) is 5.48. The van der Waals surface area contributed by atoms with Crippen LogP contribution < -0.4 is 5.73 Å². The average molecular weight is 111 g/mol. The molecule has 2 unspecified atom stereocenters. The van der Waals surface area contributed by atoms with E-state index in [0.29, 0.717) is 6.54 Å². The van der Waals surface area contributed by atoms with Crippen LogP contribution in [0.4, 0.5) is 0 Å². The molecule has 0 radical (unpaired) electrons. The van der Waals surface area contributed by atoms with Crippen LogP contribution in [0.25, 0.3) is 0 Å². The number of hydrogen-bond acceptors (Lipinski definition) is 3. The highest BCUT2D eigenvalue weighted by molar-refractivity contribution is 5.43. The van der Waals surface area contributed by atoms with Crippen LogP contribution >= 0.6 is 0 Å². The summed E-state index contributed by atoms with van der Waals surface area (Å²) in [5, 5.41) is 0. The van der Waals surface area contributed by atoms with Gasteiger partial charge in [0.1, 0.15) is 0 Å². The van der Waals surface area contributed by atoms with E-state index < -0.39 is 0 Å². The number of nitrogens with zero attached hydrogens (tertiary/aromatic N) is 2. The van der Waals surface area contributed by atoms with E-state index in [1.807, 2.05) is 6.92 Å². The summed E-state index contributed by atoms with van der Waals surface area (Å²) >= 11 is 0. The van der Waals surface area contributed by atoms with Gasteiger partial charge in [-0.15, -0.1) is 0 Å². The maximum Gasteiger partial charge on any atom is 0.0896 e. The Morgan fingerprint density at radius 1 is 1.75 bits per heavy atom. The smallest absolute Gasteiger partial charge is 0.0896 e. The predicted molar refractivity (Wildman–Crippen MR) is 32.2 cm³/mol. The molecule has 1 aliphatic rings. The van der Waals surface area contributed by atoms with Gasteiger partial charge in [0.2, 0.25) is 0 Å². The van der Waals surface area contributed by atoms with Crippen LogP contribution in [0.2, 0.25) is 0 Å². The fourth-order valence-electron chi connectivity index (χ4n) is 0.526. The molecule has 1 rings (SSSR count). The Morgan fingerprint density at radius 2 is 2.50 bits per heavy atom. The van der Waals surface area contributed by atoms with Gasteiger partial charge in [-0.3, -0.25) is 0 Å². The van der Waals surface area contributed by atoms with Gasteiger partial charge in [0, 0.05) is 6.04 Å². The minimum atomic E-state index is 0.108. The molecule has 1 heterocycles. The van der Waals surface area contributed by atoms with Gasteiger partial charge in [-0.05, 0) is 6.92 Å². The molecule has 1 aliphatic heterocycles. The molecule has 8 heavy (non-hydrogen) atoms. The molecule has 0 aromatic rings. The summed E-state index contributed by atoms with van der Waals surface area (Å²) in [6, 6.07) is 2.84. The second-order valence-corrected chi connectivity index (χ2v) is 1.97. The summed E-state index contributed by atoms with van der Waals surface area (Å²) in [5.41, 5.74) is 5.55. The Morgan fingerprint density at radius 3 is 2.88 bits per heavy atom. The molecule has 0 saturated heterocycles. The van der Waals surface area contributed by atoms with Gasteiger partial charge in [-0.25, -0.2) is 9.98 Å². The molecule has 0 aromatic carbocycles.